The summed E-state index contributed by atoms with van der Waals surface area (Å²) in [6.45, 7) is 3.38. The zero-order valence-corrected chi connectivity index (χ0v) is 16.9. The number of nitrogens with one attached hydrogen (secondary N) is 1. The molecule has 3 rings (SSSR count). The lowest BCUT2D eigenvalue weighted by Crippen LogP contribution is -2.45. The van der Waals surface area contributed by atoms with Crippen LogP contribution < -0.4 is 5.32 Å². The summed E-state index contributed by atoms with van der Waals surface area (Å²) >= 11 is 0. The predicted octanol–water partition coefficient (Wildman–Crippen LogP) is 3.40. The van der Waals surface area contributed by atoms with Crippen LogP contribution in [0.5, 0.6) is 0 Å². The molecule has 1 aromatic carbocycles. The molecule has 2 heterocycles. The minimum Gasteiger partial charge on any atom is -0.380 e. The molecular weight excluding hydrogens is 409 g/mol. The van der Waals surface area contributed by atoms with Gasteiger partial charge in [0.15, 0.2) is 15.7 Å². The van der Waals surface area contributed by atoms with Gasteiger partial charge in [0.2, 0.25) is 0 Å². The van der Waals surface area contributed by atoms with E-state index in [2.05, 4.69) is 5.32 Å². The number of ether oxygens (including phenoxy) is 1. The van der Waals surface area contributed by atoms with Crippen molar-refractivity contribution in [3.63, 3.8) is 0 Å². The van der Waals surface area contributed by atoms with Gasteiger partial charge in [-0.1, -0.05) is 6.92 Å². The molecule has 1 unspecified atom stereocenters. The van der Waals surface area contributed by atoms with E-state index in [1.54, 1.807) is 6.92 Å². The average molecular weight is 430 g/mol. The van der Waals surface area contributed by atoms with Crippen LogP contribution in [0.15, 0.2) is 29.3 Å². The summed E-state index contributed by atoms with van der Waals surface area (Å²) in [5.74, 6) is -3.19. The first-order valence-electron chi connectivity index (χ1n) is 8.84. The van der Waals surface area contributed by atoms with E-state index in [0.29, 0.717) is 0 Å². The molecule has 158 valence electrons. The van der Waals surface area contributed by atoms with Gasteiger partial charge in [-0.3, -0.25) is 4.79 Å². The van der Waals surface area contributed by atoms with E-state index in [-0.39, 0.29) is 30.2 Å². The standard InChI is InChI=1S/C19H21F3N2O4S/c1-11(20)13-6-12(4-5-14(13)21)23-18(25)17-16(22)15(7-24(17)3)29(26,27)10-19(2)8-28-9-19/h4-7,11H,8-10H2,1-3H3,(H,23,25). The number of anilines is 1. The highest BCUT2D eigenvalue weighted by Crippen LogP contribution is 2.32. The van der Waals surface area contributed by atoms with E-state index in [1.165, 1.54) is 13.1 Å². The van der Waals surface area contributed by atoms with Crippen LogP contribution in [0.4, 0.5) is 18.9 Å². The number of aryl methyl sites for hydroxylation is 1. The van der Waals surface area contributed by atoms with E-state index in [1.807, 2.05) is 0 Å². The summed E-state index contributed by atoms with van der Waals surface area (Å²) in [7, 11) is -2.66. The number of hydrogen-bond acceptors (Lipinski definition) is 4. The van der Waals surface area contributed by atoms with E-state index in [0.717, 1.165) is 29.8 Å². The van der Waals surface area contributed by atoms with Gasteiger partial charge >= 0.3 is 0 Å². The number of carbonyl (C=O) groups excluding carboxylic acids is 1. The lowest BCUT2D eigenvalue weighted by molar-refractivity contribution is -0.0870. The normalized spacial score (nSPS) is 16.9. The Bertz CT molecular complexity index is 1060. The highest BCUT2D eigenvalue weighted by atomic mass is 32.2. The van der Waals surface area contributed by atoms with Crippen LogP contribution in [0, 0.1) is 17.0 Å². The minimum absolute atomic E-state index is 0.0556. The summed E-state index contributed by atoms with van der Waals surface area (Å²) in [5.41, 5.74) is -1.30. The highest BCUT2D eigenvalue weighted by molar-refractivity contribution is 7.91. The summed E-state index contributed by atoms with van der Waals surface area (Å²) in [6, 6.07) is 3.29. The Labute approximate surface area is 166 Å². The number of carbonyl (C=O) groups is 1. The molecule has 0 spiro atoms. The van der Waals surface area contributed by atoms with Crippen molar-refractivity contribution in [2.75, 3.05) is 24.3 Å². The van der Waals surface area contributed by atoms with Crippen LogP contribution in [-0.4, -0.2) is 37.9 Å². The van der Waals surface area contributed by atoms with Crippen LogP contribution in [0.2, 0.25) is 0 Å². The first kappa shape index (κ1) is 21.4. The Morgan fingerprint density at radius 2 is 2.00 bits per heavy atom. The Hall–Kier alpha value is -2.33. The fourth-order valence-electron chi connectivity index (χ4n) is 3.23. The van der Waals surface area contributed by atoms with E-state index in [4.69, 9.17) is 4.74 Å². The topological polar surface area (TPSA) is 77.4 Å². The summed E-state index contributed by atoms with van der Waals surface area (Å²) < 4.78 is 73.4. The highest BCUT2D eigenvalue weighted by Gasteiger charge is 2.40. The smallest absolute Gasteiger partial charge is 0.275 e. The first-order chi connectivity index (χ1) is 13.4. The van der Waals surface area contributed by atoms with Gasteiger partial charge in [-0.15, -0.1) is 0 Å². The lowest BCUT2D eigenvalue weighted by Gasteiger charge is -2.37. The van der Waals surface area contributed by atoms with Crippen molar-refractivity contribution in [2.24, 2.45) is 12.5 Å². The maximum Gasteiger partial charge on any atom is 0.275 e. The van der Waals surface area contributed by atoms with Crippen LogP contribution in [0.3, 0.4) is 0 Å². The molecule has 10 heteroatoms. The number of nitrogens with zero attached hydrogens (tertiary/aromatic N) is 1. The number of alkyl halides is 1. The molecule has 0 radical (unpaired) electrons. The fraction of sp³-hybridized carbons (Fsp3) is 0.421. The minimum atomic E-state index is -4.00. The van der Waals surface area contributed by atoms with Crippen molar-refractivity contribution in [1.82, 2.24) is 4.57 Å². The van der Waals surface area contributed by atoms with Gasteiger partial charge in [0.05, 0.1) is 19.0 Å². The molecule has 1 aliphatic heterocycles. The third kappa shape index (κ3) is 4.18. The molecule has 6 nitrogen and oxygen atoms in total. The molecule has 0 aliphatic carbocycles. The van der Waals surface area contributed by atoms with E-state index in [9.17, 15) is 26.4 Å². The van der Waals surface area contributed by atoms with Crippen molar-refractivity contribution in [3.8, 4) is 0 Å². The second kappa shape index (κ2) is 7.49. The number of hydrogen-bond donors (Lipinski definition) is 1. The van der Waals surface area contributed by atoms with Gasteiger partial charge in [-0.2, -0.15) is 0 Å². The van der Waals surface area contributed by atoms with Crippen molar-refractivity contribution in [3.05, 3.63) is 47.3 Å². The summed E-state index contributed by atoms with van der Waals surface area (Å²) in [6.07, 6.45) is -0.561. The average Bonchev–Trinajstić information content (AvgIpc) is 2.90. The Morgan fingerprint density at radius 3 is 2.55 bits per heavy atom. The molecule has 2 aromatic rings. The molecule has 0 bridgehead atoms. The SMILES string of the molecule is CC(F)c1cc(NC(=O)c2c(F)c(S(=O)(=O)CC3(C)COC3)cn2C)ccc1F. The van der Waals surface area contributed by atoms with E-state index < -0.39 is 49.6 Å². The molecule has 1 fully saturated rings. The molecular formula is C19H21F3N2O4S. The Kier molecular flexibility index (Phi) is 5.52. The molecule has 1 atom stereocenters. The third-order valence-corrected chi connectivity index (χ3v) is 6.79. The van der Waals surface area contributed by atoms with Crippen LogP contribution in [0.25, 0.3) is 0 Å². The number of halogens is 3. The largest absolute Gasteiger partial charge is 0.380 e. The quantitative estimate of drug-likeness (QED) is 0.762. The zero-order chi connectivity index (χ0) is 21.6. The molecule has 1 amide bonds. The predicted molar refractivity (Wildman–Crippen MR) is 100 cm³/mol. The van der Waals surface area contributed by atoms with Gasteiger partial charge in [0.25, 0.3) is 5.91 Å². The van der Waals surface area contributed by atoms with Crippen LogP contribution in [-0.2, 0) is 21.6 Å². The van der Waals surface area contributed by atoms with Crippen molar-refractivity contribution < 1.29 is 31.1 Å². The summed E-state index contributed by atoms with van der Waals surface area (Å²) in [5, 5.41) is 2.35. The molecule has 0 saturated carbocycles. The number of aromatic nitrogens is 1. The van der Waals surface area contributed by atoms with E-state index >= 15 is 0 Å². The maximum atomic E-state index is 14.9. The number of sulfone groups is 1. The lowest BCUT2D eigenvalue weighted by atomic mass is 9.92. The second-order valence-electron chi connectivity index (χ2n) is 7.64. The van der Waals surface area contributed by atoms with Gasteiger partial charge in [-0.25, -0.2) is 21.6 Å². The van der Waals surface area contributed by atoms with Crippen molar-refractivity contribution in [1.29, 1.82) is 0 Å². The van der Waals surface area contributed by atoms with Gasteiger partial charge in [0, 0.05) is 29.9 Å². The number of rotatable bonds is 6. The Morgan fingerprint density at radius 1 is 1.34 bits per heavy atom. The van der Waals surface area contributed by atoms with Gasteiger partial charge in [-0.05, 0) is 25.1 Å². The van der Waals surface area contributed by atoms with Crippen molar-refractivity contribution in [2.45, 2.75) is 24.9 Å². The zero-order valence-electron chi connectivity index (χ0n) is 16.1. The summed E-state index contributed by atoms with van der Waals surface area (Å²) in [4.78, 5) is 12.0. The molecule has 29 heavy (non-hydrogen) atoms. The number of benzene rings is 1. The fourth-order valence-corrected chi connectivity index (χ4v) is 5.16. The first-order valence-corrected chi connectivity index (χ1v) is 10.5. The van der Waals surface area contributed by atoms with Gasteiger partial charge in [0.1, 0.15) is 22.6 Å². The second-order valence-corrected chi connectivity index (χ2v) is 9.59. The number of amides is 1. The molecule has 1 saturated heterocycles. The maximum absolute atomic E-state index is 14.9. The van der Waals surface area contributed by atoms with Crippen LogP contribution >= 0.6 is 0 Å². The third-order valence-electron chi connectivity index (χ3n) is 4.76. The van der Waals surface area contributed by atoms with Gasteiger partial charge < -0.3 is 14.6 Å². The van der Waals surface area contributed by atoms with Crippen molar-refractivity contribution >= 4 is 21.4 Å². The monoisotopic (exact) mass is 430 g/mol. The molecule has 1 aliphatic rings. The molecule has 1 aromatic heterocycles. The molecule has 1 N–H and O–H groups in total. The van der Waals surface area contributed by atoms with Crippen LogP contribution in [0.1, 0.15) is 36.1 Å². The Balaban J connectivity index is 1.88.